The lowest BCUT2D eigenvalue weighted by Crippen LogP contribution is -2.38. The Labute approximate surface area is 94.6 Å². The molecule has 0 bridgehead atoms. The second kappa shape index (κ2) is 4.65. The molecule has 6 nitrogen and oxygen atoms in total. The molecule has 0 fully saturated rings. The Morgan fingerprint density at radius 3 is 2.69 bits per heavy atom. The van der Waals surface area contributed by atoms with Gasteiger partial charge in [-0.15, -0.1) is 0 Å². The van der Waals surface area contributed by atoms with Crippen molar-refractivity contribution >= 4 is 15.7 Å². The van der Waals surface area contributed by atoms with Crippen molar-refractivity contribution in [2.45, 2.75) is 18.7 Å². The van der Waals surface area contributed by atoms with Crippen molar-refractivity contribution in [3.05, 3.63) is 18.0 Å². The van der Waals surface area contributed by atoms with Crippen molar-refractivity contribution in [2.24, 2.45) is 0 Å². The Hall–Kier alpha value is -1.37. The van der Waals surface area contributed by atoms with Gasteiger partial charge in [-0.2, -0.15) is 5.10 Å². The van der Waals surface area contributed by atoms with E-state index in [4.69, 9.17) is 0 Å². The first kappa shape index (κ1) is 12.7. The molecule has 0 aromatic carbocycles. The molecular formula is C9H15N3O3S. The van der Waals surface area contributed by atoms with Gasteiger partial charge in [-0.1, -0.05) is 0 Å². The highest BCUT2D eigenvalue weighted by molar-refractivity contribution is 7.92. The number of rotatable bonds is 4. The number of carbonyl (C=O) groups is 1. The van der Waals surface area contributed by atoms with Gasteiger partial charge in [0.1, 0.15) is 5.25 Å². The van der Waals surface area contributed by atoms with Crippen LogP contribution in [0.25, 0.3) is 0 Å². The molecule has 1 aromatic rings. The summed E-state index contributed by atoms with van der Waals surface area (Å²) in [4.78, 5) is 13.1. The molecule has 1 amide bonds. The van der Waals surface area contributed by atoms with Gasteiger partial charge >= 0.3 is 0 Å². The van der Waals surface area contributed by atoms with Crippen molar-refractivity contribution in [1.29, 1.82) is 0 Å². The lowest BCUT2D eigenvalue weighted by Gasteiger charge is -2.19. The van der Waals surface area contributed by atoms with E-state index in [1.807, 2.05) is 0 Å². The molecule has 1 heterocycles. The third kappa shape index (κ3) is 3.06. The fraction of sp³-hybridized carbons (Fsp3) is 0.556. The maximum absolute atomic E-state index is 11.7. The maximum Gasteiger partial charge on any atom is 0.240 e. The zero-order chi connectivity index (χ0) is 12.3. The Morgan fingerprint density at radius 1 is 1.62 bits per heavy atom. The molecule has 1 N–H and O–H groups in total. The maximum atomic E-state index is 11.7. The molecule has 1 aromatic heterocycles. The number of aromatic nitrogens is 2. The van der Waals surface area contributed by atoms with Gasteiger partial charge < -0.3 is 4.90 Å². The summed E-state index contributed by atoms with van der Waals surface area (Å²) >= 11 is 0. The Balaban J connectivity index is 2.68. The molecule has 7 heteroatoms. The van der Waals surface area contributed by atoms with Gasteiger partial charge in [-0.05, 0) is 6.92 Å². The Morgan fingerprint density at radius 2 is 2.25 bits per heavy atom. The molecule has 0 spiro atoms. The quantitative estimate of drug-likeness (QED) is 0.796. The van der Waals surface area contributed by atoms with Crippen LogP contribution < -0.4 is 0 Å². The number of carbonyl (C=O) groups excluding carboxylic acids is 1. The van der Waals surface area contributed by atoms with Crippen LogP contribution in [0.4, 0.5) is 0 Å². The predicted molar refractivity (Wildman–Crippen MR) is 59.4 cm³/mol. The van der Waals surface area contributed by atoms with Crippen molar-refractivity contribution in [1.82, 2.24) is 15.1 Å². The van der Waals surface area contributed by atoms with Crippen molar-refractivity contribution in [2.75, 3.05) is 13.3 Å². The summed E-state index contributed by atoms with van der Waals surface area (Å²) in [5.41, 5.74) is 0.830. The Bertz CT molecular complexity index is 452. The molecule has 0 aliphatic heterocycles. The van der Waals surface area contributed by atoms with Crippen LogP contribution in [0.15, 0.2) is 12.4 Å². The zero-order valence-corrected chi connectivity index (χ0v) is 10.3. The van der Waals surface area contributed by atoms with E-state index in [0.717, 1.165) is 11.8 Å². The van der Waals surface area contributed by atoms with E-state index in [-0.39, 0.29) is 0 Å². The molecule has 0 radical (unpaired) electrons. The zero-order valence-electron chi connectivity index (χ0n) is 9.47. The molecule has 16 heavy (non-hydrogen) atoms. The number of aromatic amines is 1. The van der Waals surface area contributed by atoms with Gasteiger partial charge in [0.2, 0.25) is 5.91 Å². The van der Waals surface area contributed by atoms with Gasteiger partial charge in [0, 0.05) is 31.6 Å². The summed E-state index contributed by atoms with van der Waals surface area (Å²) in [7, 11) is -1.77. The molecule has 90 valence electrons. The van der Waals surface area contributed by atoms with Crippen LogP contribution in [0, 0.1) is 0 Å². The average Bonchev–Trinajstić information content (AvgIpc) is 2.66. The molecule has 0 saturated heterocycles. The van der Waals surface area contributed by atoms with E-state index >= 15 is 0 Å². The van der Waals surface area contributed by atoms with Crippen LogP contribution in [-0.2, 0) is 21.2 Å². The third-order valence-electron chi connectivity index (χ3n) is 2.34. The largest absolute Gasteiger partial charge is 0.340 e. The number of hydrogen-bond acceptors (Lipinski definition) is 4. The number of nitrogens with zero attached hydrogens (tertiary/aromatic N) is 2. The van der Waals surface area contributed by atoms with Gasteiger partial charge in [0.15, 0.2) is 9.84 Å². The van der Waals surface area contributed by atoms with Crippen molar-refractivity contribution < 1.29 is 13.2 Å². The highest BCUT2D eigenvalue weighted by Gasteiger charge is 2.26. The van der Waals surface area contributed by atoms with E-state index in [9.17, 15) is 13.2 Å². The predicted octanol–water partition coefficient (Wildman–Crippen LogP) is -0.199. The first-order valence-corrected chi connectivity index (χ1v) is 6.69. The molecule has 1 rings (SSSR count). The van der Waals surface area contributed by atoms with Gasteiger partial charge in [-0.25, -0.2) is 8.42 Å². The van der Waals surface area contributed by atoms with Crippen LogP contribution >= 0.6 is 0 Å². The van der Waals surface area contributed by atoms with Crippen LogP contribution in [-0.4, -0.2) is 48.0 Å². The number of H-pyrrole nitrogens is 1. The fourth-order valence-corrected chi connectivity index (χ4v) is 1.76. The van der Waals surface area contributed by atoms with E-state index < -0.39 is 21.0 Å². The highest BCUT2D eigenvalue weighted by Crippen LogP contribution is 2.06. The fourth-order valence-electron chi connectivity index (χ4n) is 1.21. The topological polar surface area (TPSA) is 83.1 Å². The third-order valence-corrected chi connectivity index (χ3v) is 3.83. The number of sulfone groups is 1. The molecule has 1 unspecified atom stereocenters. The molecule has 1 atom stereocenters. The summed E-state index contributed by atoms with van der Waals surface area (Å²) in [6, 6.07) is 0. The van der Waals surface area contributed by atoms with Crippen molar-refractivity contribution in [3.8, 4) is 0 Å². The first-order valence-electron chi connectivity index (χ1n) is 4.74. The van der Waals surface area contributed by atoms with Gasteiger partial charge in [0.25, 0.3) is 0 Å². The minimum absolute atomic E-state index is 0.342. The van der Waals surface area contributed by atoms with E-state index in [2.05, 4.69) is 10.2 Å². The molecular weight excluding hydrogens is 230 g/mol. The summed E-state index contributed by atoms with van der Waals surface area (Å²) < 4.78 is 22.4. The molecule has 0 aliphatic rings. The van der Waals surface area contributed by atoms with Crippen molar-refractivity contribution in [3.63, 3.8) is 0 Å². The first-order chi connectivity index (χ1) is 7.32. The van der Waals surface area contributed by atoms with Crippen LogP contribution in [0.3, 0.4) is 0 Å². The monoisotopic (exact) mass is 245 g/mol. The minimum Gasteiger partial charge on any atom is -0.340 e. The van der Waals surface area contributed by atoms with Gasteiger partial charge in [0.05, 0.1) is 6.20 Å². The smallest absolute Gasteiger partial charge is 0.240 e. The minimum atomic E-state index is -3.34. The molecule has 0 aliphatic carbocycles. The van der Waals surface area contributed by atoms with E-state index in [1.165, 1.54) is 11.8 Å². The average molecular weight is 245 g/mol. The Kier molecular flexibility index (Phi) is 3.69. The normalized spacial score (nSPS) is 13.4. The standard InChI is InChI=1S/C9H15N3O3S/c1-7(16(3,14)15)9(13)12(2)6-8-4-10-11-5-8/h4-5,7H,6H2,1-3H3,(H,10,11). The van der Waals surface area contributed by atoms with Crippen LogP contribution in [0.2, 0.25) is 0 Å². The summed E-state index contributed by atoms with van der Waals surface area (Å²) in [6.07, 6.45) is 4.31. The number of amides is 1. The lowest BCUT2D eigenvalue weighted by atomic mass is 10.3. The van der Waals surface area contributed by atoms with Gasteiger partial charge in [-0.3, -0.25) is 9.89 Å². The number of nitrogens with one attached hydrogen (secondary N) is 1. The summed E-state index contributed by atoms with van der Waals surface area (Å²) in [6.45, 7) is 1.73. The van der Waals surface area contributed by atoms with E-state index in [1.54, 1.807) is 19.4 Å². The SMILES string of the molecule is CC(C(=O)N(C)Cc1cn[nH]c1)S(C)(=O)=O. The summed E-state index contributed by atoms with van der Waals surface area (Å²) in [5.74, 6) is -0.413. The summed E-state index contributed by atoms with van der Waals surface area (Å²) in [5, 5.41) is 5.36. The lowest BCUT2D eigenvalue weighted by molar-refractivity contribution is -0.129. The van der Waals surface area contributed by atoms with Crippen LogP contribution in [0.5, 0.6) is 0 Å². The van der Waals surface area contributed by atoms with Crippen LogP contribution in [0.1, 0.15) is 12.5 Å². The highest BCUT2D eigenvalue weighted by atomic mass is 32.2. The molecule has 0 saturated carbocycles. The number of hydrogen-bond donors (Lipinski definition) is 1. The van der Waals surface area contributed by atoms with E-state index in [0.29, 0.717) is 6.54 Å². The second-order valence-electron chi connectivity index (χ2n) is 3.77. The second-order valence-corrected chi connectivity index (χ2v) is 6.14.